The zero-order chi connectivity index (χ0) is 18.8. The quantitative estimate of drug-likeness (QED) is 0.854. The van der Waals surface area contributed by atoms with Gasteiger partial charge in [0.2, 0.25) is 22.1 Å². The van der Waals surface area contributed by atoms with Crippen LogP contribution in [0.5, 0.6) is 0 Å². The van der Waals surface area contributed by atoms with Gasteiger partial charge in [-0.1, -0.05) is 41.2 Å². The second-order valence-corrected chi connectivity index (χ2v) is 8.01. The Labute approximate surface area is 162 Å². The van der Waals surface area contributed by atoms with Gasteiger partial charge in [-0.05, 0) is 31.7 Å². The second-order valence-electron chi connectivity index (χ2n) is 7.07. The molecule has 1 aromatic heterocycles. The van der Waals surface area contributed by atoms with E-state index in [0.717, 1.165) is 36.5 Å². The molecular weight excluding hydrogens is 362 g/mol. The molecule has 0 radical (unpaired) electrons. The van der Waals surface area contributed by atoms with Gasteiger partial charge >= 0.3 is 0 Å². The first-order valence-electron chi connectivity index (χ1n) is 9.35. The molecule has 1 N–H and O–H groups in total. The number of hydrogen-bond donors (Lipinski definition) is 1. The van der Waals surface area contributed by atoms with Crippen LogP contribution >= 0.6 is 11.3 Å². The van der Waals surface area contributed by atoms with Crippen molar-refractivity contribution in [1.82, 2.24) is 15.5 Å². The predicted molar refractivity (Wildman–Crippen MR) is 105 cm³/mol. The molecule has 2 aromatic rings. The van der Waals surface area contributed by atoms with Crippen LogP contribution in [0.3, 0.4) is 0 Å². The Morgan fingerprint density at radius 3 is 2.89 bits per heavy atom. The number of nitrogens with zero attached hydrogens (tertiary/aromatic N) is 4. The average molecular weight is 385 g/mol. The summed E-state index contributed by atoms with van der Waals surface area (Å²) in [6.07, 6.45) is 3.18. The molecule has 4 rings (SSSR count). The van der Waals surface area contributed by atoms with E-state index in [-0.39, 0.29) is 17.9 Å². The Bertz CT molecular complexity index is 852. The van der Waals surface area contributed by atoms with E-state index in [9.17, 15) is 9.59 Å². The highest BCUT2D eigenvalue weighted by molar-refractivity contribution is 7.19. The first-order chi connectivity index (χ1) is 13.1. The summed E-state index contributed by atoms with van der Waals surface area (Å²) in [5.74, 6) is 0.120. The fourth-order valence-corrected chi connectivity index (χ4v) is 4.65. The molecule has 7 nitrogen and oxygen atoms in total. The molecule has 0 unspecified atom stereocenters. The highest BCUT2D eigenvalue weighted by atomic mass is 32.1. The lowest BCUT2D eigenvalue weighted by Crippen LogP contribution is -2.43. The molecule has 0 spiro atoms. The van der Waals surface area contributed by atoms with Crippen LogP contribution in [0.15, 0.2) is 24.3 Å². The van der Waals surface area contributed by atoms with Gasteiger partial charge in [0.25, 0.3) is 0 Å². The van der Waals surface area contributed by atoms with Gasteiger partial charge < -0.3 is 10.2 Å². The Balaban J connectivity index is 1.42. The van der Waals surface area contributed by atoms with Crippen molar-refractivity contribution in [3.05, 3.63) is 35.4 Å². The number of rotatable bonds is 5. The molecule has 0 saturated carbocycles. The fraction of sp³-hybridized carbons (Fsp3) is 0.474. The van der Waals surface area contributed by atoms with Crippen LogP contribution in [0.4, 0.5) is 10.3 Å². The zero-order valence-electron chi connectivity index (χ0n) is 15.4. The maximum absolute atomic E-state index is 12.7. The minimum atomic E-state index is -0.232. The molecule has 1 atom stereocenters. The van der Waals surface area contributed by atoms with Crippen molar-refractivity contribution in [3.8, 4) is 0 Å². The van der Waals surface area contributed by atoms with Gasteiger partial charge in [0.1, 0.15) is 6.04 Å². The third kappa shape index (κ3) is 3.80. The molecule has 2 fully saturated rings. The van der Waals surface area contributed by atoms with E-state index in [2.05, 4.69) is 21.6 Å². The number of amides is 2. The lowest BCUT2D eigenvalue weighted by atomic mass is 10.1. The molecule has 2 aliphatic rings. The van der Waals surface area contributed by atoms with Gasteiger partial charge in [0, 0.05) is 26.1 Å². The van der Waals surface area contributed by atoms with E-state index in [1.165, 1.54) is 16.9 Å². The number of aromatic nitrogens is 2. The topological polar surface area (TPSA) is 78.4 Å². The number of nitrogens with one attached hydrogen (secondary N) is 1. The van der Waals surface area contributed by atoms with E-state index in [1.54, 1.807) is 4.90 Å². The summed E-state index contributed by atoms with van der Waals surface area (Å²) in [6, 6.07) is 7.91. The van der Waals surface area contributed by atoms with Gasteiger partial charge in [-0.3, -0.25) is 14.5 Å². The highest BCUT2D eigenvalue weighted by Crippen LogP contribution is 2.33. The molecular formula is C19H23N5O2S. The standard InChI is InChI=1S/C19H23N5O2S/c1-13-5-2-6-14(11-13)12-20-17(26)15-7-3-9-23(15)18-21-22-19(27-18)24-10-4-8-16(24)25/h2,5-6,11,15H,3-4,7-10,12H2,1H3,(H,20,26)/t15-/m1/s1. The maximum atomic E-state index is 12.7. The molecule has 0 bridgehead atoms. The van der Waals surface area contributed by atoms with Crippen molar-refractivity contribution in [2.45, 2.75) is 45.2 Å². The van der Waals surface area contributed by atoms with E-state index < -0.39 is 0 Å². The Morgan fingerprint density at radius 1 is 1.26 bits per heavy atom. The monoisotopic (exact) mass is 385 g/mol. The number of benzene rings is 1. The van der Waals surface area contributed by atoms with E-state index in [0.29, 0.717) is 24.6 Å². The summed E-state index contributed by atoms with van der Waals surface area (Å²) >= 11 is 1.40. The summed E-state index contributed by atoms with van der Waals surface area (Å²) < 4.78 is 0. The molecule has 8 heteroatoms. The number of carbonyl (C=O) groups is 2. The minimum Gasteiger partial charge on any atom is -0.350 e. The fourth-order valence-electron chi connectivity index (χ4n) is 3.68. The van der Waals surface area contributed by atoms with Crippen LogP contribution in [0.1, 0.15) is 36.8 Å². The zero-order valence-corrected chi connectivity index (χ0v) is 16.2. The SMILES string of the molecule is Cc1cccc(CNC(=O)[C@H]2CCCN2c2nnc(N3CCCC3=O)s2)c1. The summed E-state index contributed by atoms with van der Waals surface area (Å²) in [5.41, 5.74) is 2.28. The van der Waals surface area contributed by atoms with Crippen molar-refractivity contribution >= 4 is 33.4 Å². The van der Waals surface area contributed by atoms with Crippen molar-refractivity contribution in [1.29, 1.82) is 0 Å². The van der Waals surface area contributed by atoms with Crippen LogP contribution < -0.4 is 15.1 Å². The van der Waals surface area contributed by atoms with Gasteiger partial charge in [-0.2, -0.15) is 0 Å². The van der Waals surface area contributed by atoms with E-state index in [4.69, 9.17) is 0 Å². The molecule has 2 saturated heterocycles. The smallest absolute Gasteiger partial charge is 0.243 e. The largest absolute Gasteiger partial charge is 0.350 e. The Morgan fingerprint density at radius 2 is 2.11 bits per heavy atom. The maximum Gasteiger partial charge on any atom is 0.243 e. The first-order valence-corrected chi connectivity index (χ1v) is 10.2. The molecule has 2 aliphatic heterocycles. The number of aryl methyl sites for hydroxylation is 1. The Hall–Kier alpha value is -2.48. The van der Waals surface area contributed by atoms with Crippen LogP contribution in [-0.4, -0.2) is 41.1 Å². The van der Waals surface area contributed by atoms with Gasteiger partial charge in [-0.25, -0.2) is 0 Å². The summed E-state index contributed by atoms with van der Waals surface area (Å²) in [5, 5.41) is 12.9. The third-order valence-electron chi connectivity index (χ3n) is 5.06. The lowest BCUT2D eigenvalue weighted by Gasteiger charge is -2.22. The van der Waals surface area contributed by atoms with Gasteiger partial charge in [-0.15, -0.1) is 10.2 Å². The number of anilines is 2. The number of hydrogen-bond acceptors (Lipinski definition) is 6. The molecule has 1 aromatic carbocycles. The van der Waals surface area contributed by atoms with Crippen molar-refractivity contribution in [3.63, 3.8) is 0 Å². The van der Waals surface area contributed by atoms with Crippen LogP contribution in [0.25, 0.3) is 0 Å². The highest BCUT2D eigenvalue weighted by Gasteiger charge is 2.34. The molecule has 2 amide bonds. The summed E-state index contributed by atoms with van der Waals surface area (Å²) in [4.78, 5) is 28.4. The normalized spacial score (nSPS) is 19.7. The summed E-state index contributed by atoms with van der Waals surface area (Å²) in [6.45, 7) is 4.05. The molecule has 142 valence electrons. The van der Waals surface area contributed by atoms with Gasteiger partial charge in [0.05, 0.1) is 0 Å². The Kier molecular flexibility index (Phi) is 5.07. The van der Waals surface area contributed by atoms with E-state index in [1.807, 2.05) is 30.0 Å². The predicted octanol–water partition coefficient (Wildman–Crippen LogP) is 2.26. The first kappa shape index (κ1) is 17.9. The van der Waals surface area contributed by atoms with Crippen LogP contribution in [0, 0.1) is 6.92 Å². The molecule has 27 heavy (non-hydrogen) atoms. The third-order valence-corrected chi connectivity index (χ3v) is 6.04. The molecule has 0 aliphatic carbocycles. The van der Waals surface area contributed by atoms with Crippen LogP contribution in [0.2, 0.25) is 0 Å². The van der Waals surface area contributed by atoms with Crippen molar-refractivity contribution in [2.24, 2.45) is 0 Å². The summed E-state index contributed by atoms with van der Waals surface area (Å²) in [7, 11) is 0. The van der Waals surface area contributed by atoms with E-state index >= 15 is 0 Å². The van der Waals surface area contributed by atoms with Crippen LogP contribution in [-0.2, 0) is 16.1 Å². The van der Waals surface area contributed by atoms with Gasteiger partial charge in [0.15, 0.2) is 0 Å². The molecule has 3 heterocycles. The minimum absolute atomic E-state index is 0.0167. The van der Waals surface area contributed by atoms with Crippen molar-refractivity contribution < 1.29 is 9.59 Å². The second kappa shape index (κ2) is 7.64. The lowest BCUT2D eigenvalue weighted by molar-refractivity contribution is -0.122. The van der Waals surface area contributed by atoms with Crippen molar-refractivity contribution in [2.75, 3.05) is 22.9 Å². The average Bonchev–Trinajstić information content (AvgIpc) is 3.39. The number of carbonyl (C=O) groups excluding carboxylic acids is 2.